The van der Waals surface area contributed by atoms with Gasteiger partial charge in [-0.05, 0) is 19.4 Å². The summed E-state index contributed by atoms with van der Waals surface area (Å²) in [5.74, 6) is 0.759. The number of aryl methyl sites for hydroxylation is 1. The van der Waals surface area contributed by atoms with Crippen molar-refractivity contribution >= 4 is 0 Å². The number of rotatable bonds is 6. The van der Waals surface area contributed by atoms with Crippen molar-refractivity contribution in [1.29, 1.82) is 0 Å². The zero-order valence-corrected chi connectivity index (χ0v) is 10.3. The van der Waals surface area contributed by atoms with Crippen molar-refractivity contribution in [2.45, 2.75) is 39.2 Å². The normalized spacial score (nSPS) is 15.2. The van der Waals surface area contributed by atoms with E-state index in [1.165, 1.54) is 19.3 Å². The van der Waals surface area contributed by atoms with Crippen LogP contribution in [0.25, 0.3) is 0 Å². The lowest BCUT2D eigenvalue weighted by atomic mass is 9.96. The molecule has 0 aliphatic heterocycles. The highest BCUT2D eigenvalue weighted by Crippen LogP contribution is 2.22. The summed E-state index contributed by atoms with van der Waals surface area (Å²) in [4.78, 5) is 4.40. The maximum Gasteiger partial charge on any atom is 0.0947 e. The summed E-state index contributed by atoms with van der Waals surface area (Å²) in [5.41, 5.74) is 1.16. The van der Waals surface area contributed by atoms with Gasteiger partial charge in [-0.15, -0.1) is 0 Å². The molecule has 0 radical (unpaired) electrons. The first kappa shape index (κ1) is 12.2. The largest absolute Gasteiger partial charge is 0.340 e. The summed E-state index contributed by atoms with van der Waals surface area (Å²) >= 11 is 0. The summed E-state index contributed by atoms with van der Waals surface area (Å²) in [6.45, 7) is 4.56. The van der Waals surface area contributed by atoms with E-state index in [1.807, 2.05) is 25.0 Å². The summed E-state index contributed by atoms with van der Waals surface area (Å²) in [6.07, 6.45) is 7.69. The molecule has 0 aromatic carbocycles. The van der Waals surface area contributed by atoms with Gasteiger partial charge in [0, 0.05) is 13.2 Å². The Balaban J connectivity index is 2.56. The highest BCUT2D eigenvalue weighted by atomic mass is 15.0. The molecule has 1 N–H and O–H groups in total. The molecule has 2 atom stereocenters. The fourth-order valence-electron chi connectivity index (χ4n) is 2.01. The van der Waals surface area contributed by atoms with Crippen LogP contribution in [-0.4, -0.2) is 16.6 Å². The van der Waals surface area contributed by atoms with Crippen LogP contribution in [0.2, 0.25) is 0 Å². The third-order valence-electron chi connectivity index (χ3n) is 2.85. The lowest BCUT2D eigenvalue weighted by molar-refractivity contribution is 0.402. The van der Waals surface area contributed by atoms with Gasteiger partial charge in [-0.1, -0.05) is 26.7 Å². The number of nitrogens with one attached hydrogen (secondary N) is 1. The molecule has 0 spiro atoms. The average Bonchev–Trinajstić information content (AvgIpc) is 2.61. The predicted molar refractivity (Wildman–Crippen MR) is 63.7 cm³/mol. The average molecular weight is 209 g/mol. The van der Waals surface area contributed by atoms with Crippen LogP contribution in [0.4, 0.5) is 0 Å². The predicted octanol–water partition coefficient (Wildman–Crippen LogP) is 2.51. The Kier molecular flexibility index (Phi) is 4.82. The SMILES string of the molecule is CCCC(C)CC(NC)c1cn(C)cn1. The van der Waals surface area contributed by atoms with Crippen LogP contribution in [0.15, 0.2) is 12.5 Å². The molecule has 1 rings (SSSR count). The molecule has 3 nitrogen and oxygen atoms in total. The van der Waals surface area contributed by atoms with E-state index < -0.39 is 0 Å². The van der Waals surface area contributed by atoms with Gasteiger partial charge in [0.25, 0.3) is 0 Å². The number of aromatic nitrogens is 2. The molecule has 0 aliphatic carbocycles. The number of imidazole rings is 1. The summed E-state index contributed by atoms with van der Waals surface area (Å²) in [7, 11) is 4.02. The van der Waals surface area contributed by atoms with Crippen molar-refractivity contribution in [2.75, 3.05) is 7.05 Å². The highest BCUT2D eigenvalue weighted by Gasteiger charge is 2.14. The lowest BCUT2D eigenvalue weighted by Crippen LogP contribution is -2.19. The van der Waals surface area contributed by atoms with E-state index in [0.717, 1.165) is 11.6 Å². The first-order valence-corrected chi connectivity index (χ1v) is 5.82. The van der Waals surface area contributed by atoms with Crippen LogP contribution in [-0.2, 0) is 7.05 Å². The van der Waals surface area contributed by atoms with Crippen LogP contribution in [0, 0.1) is 5.92 Å². The molecular formula is C12H23N3. The zero-order chi connectivity index (χ0) is 11.3. The van der Waals surface area contributed by atoms with Crippen molar-refractivity contribution in [3.05, 3.63) is 18.2 Å². The van der Waals surface area contributed by atoms with E-state index >= 15 is 0 Å². The van der Waals surface area contributed by atoms with Gasteiger partial charge in [0.15, 0.2) is 0 Å². The fourth-order valence-corrected chi connectivity index (χ4v) is 2.01. The van der Waals surface area contributed by atoms with Crippen molar-refractivity contribution in [3.63, 3.8) is 0 Å². The van der Waals surface area contributed by atoms with E-state index in [4.69, 9.17) is 0 Å². The van der Waals surface area contributed by atoms with Gasteiger partial charge in [0.05, 0.1) is 18.1 Å². The first-order chi connectivity index (χ1) is 7.17. The zero-order valence-electron chi connectivity index (χ0n) is 10.3. The van der Waals surface area contributed by atoms with Gasteiger partial charge >= 0.3 is 0 Å². The molecule has 15 heavy (non-hydrogen) atoms. The third kappa shape index (κ3) is 3.67. The minimum absolute atomic E-state index is 0.396. The minimum atomic E-state index is 0.396. The van der Waals surface area contributed by atoms with Crippen LogP contribution in [0.1, 0.15) is 44.8 Å². The molecule has 3 heteroatoms. The second-order valence-corrected chi connectivity index (χ2v) is 4.43. The fraction of sp³-hybridized carbons (Fsp3) is 0.750. The topological polar surface area (TPSA) is 29.9 Å². The minimum Gasteiger partial charge on any atom is -0.340 e. The van der Waals surface area contributed by atoms with Crippen molar-refractivity contribution in [3.8, 4) is 0 Å². The van der Waals surface area contributed by atoms with E-state index in [9.17, 15) is 0 Å². The standard InChI is InChI=1S/C12H23N3/c1-5-6-10(2)7-11(13-3)12-8-15(4)9-14-12/h8-11,13H,5-7H2,1-4H3. The Morgan fingerprint density at radius 2 is 2.27 bits per heavy atom. The van der Waals surface area contributed by atoms with E-state index in [2.05, 4.69) is 30.3 Å². The van der Waals surface area contributed by atoms with Crippen LogP contribution in [0.3, 0.4) is 0 Å². The number of nitrogens with zero attached hydrogens (tertiary/aromatic N) is 2. The highest BCUT2D eigenvalue weighted by molar-refractivity contribution is 5.03. The van der Waals surface area contributed by atoms with E-state index in [0.29, 0.717) is 6.04 Å². The quantitative estimate of drug-likeness (QED) is 0.780. The third-order valence-corrected chi connectivity index (χ3v) is 2.85. The Bertz CT molecular complexity index is 280. The summed E-state index contributed by atoms with van der Waals surface area (Å²) < 4.78 is 2.00. The second kappa shape index (κ2) is 5.91. The molecular weight excluding hydrogens is 186 g/mol. The monoisotopic (exact) mass is 209 g/mol. The smallest absolute Gasteiger partial charge is 0.0947 e. The Morgan fingerprint density at radius 1 is 1.53 bits per heavy atom. The van der Waals surface area contributed by atoms with Gasteiger partial charge in [-0.25, -0.2) is 4.98 Å². The number of hydrogen-bond acceptors (Lipinski definition) is 2. The van der Waals surface area contributed by atoms with Crippen LogP contribution < -0.4 is 5.32 Å². The van der Waals surface area contributed by atoms with Crippen molar-refractivity contribution in [2.24, 2.45) is 13.0 Å². The van der Waals surface area contributed by atoms with Crippen molar-refractivity contribution < 1.29 is 0 Å². The van der Waals surface area contributed by atoms with E-state index in [1.54, 1.807) is 0 Å². The second-order valence-electron chi connectivity index (χ2n) is 4.43. The molecule has 0 saturated carbocycles. The maximum absolute atomic E-state index is 4.40. The van der Waals surface area contributed by atoms with Gasteiger partial charge < -0.3 is 9.88 Å². The lowest BCUT2D eigenvalue weighted by Gasteiger charge is -2.18. The molecule has 1 aromatic rings. The molecule has 0 bridgehead atoms. The molecule has 1 heterocycles. The van der Waals surface area contributed by atoms with Crippen LogP contribution >= 0.6 is 0 Å². The van der Waals surface area contributed by atoms with E-state index in [-0.39, 0.29) is 0 Å². The van der Waals surface area contributed by atoms with Gasteiger partial charge in [0.1, 0.15) is 0 Å². The molecule has 0 saturated heterocycles. The first-order valence-electron chi connectivity index (χ1n) is 5.82. The molecule has 2 unspecified atom stereocenters. The van der Waals surface area contributed by atoms with Gasteiger partial charge in [-0.2, -0.15) is 0 Å². The van der Waals surface area contributed by atoms with Gasteiger partial charge in [-0.3, -0.25) is 0 Å². The Labute approximate surface area is 92.9 Å². The molecule has 1 aromatic heterocycles. The number of hydrogen-bond donors (Lipinski definition) is 1. The van der Waals surface area contributed by atoms with Crippen LogP contribution in [0.5, 0.6) is 0 Å². The molecule has 0 amide bonds. The van der Waals surface area contributed by atoms with Gasteiger partial charge in [0.2, 0.25) is 0 Å². The summed E-state index contributed by atoms with van der Waals surface area (Å²) in [6, 6.07) is 0.396. The summed E-state index contributed by atoms with van der Waals surface area (Å²) in [5, 5.41) is 3.35. The molecule has 0 fully saturated rings. The van der Waals surface area contributed by atoms with Crippen molar-refractivity contribution in [1.82, 2.24) is 14.9 Å². The maximum atomic E-state index is 4.40. The Hall–Kier alpha value is -0.830. The Morgan fingerprint density at radius 3 is 2.73 bits per heavy atom. The molecule has 0 aliphatic rings. The molecule has 86 valence electrons.